The first-order valence-electron chi connectivity index (χ1n) is 10.4. The number of hydrogen-bond donors (Lipinski definition) is 0. The molecule has 0 unspecified atom stereocenters. The van der Waals surface area contributed by atoms with Crippen LogP contribution >= 0.6 is 0 Å². The number of esters is 2. The van der Waals surface area contributed by atoms with E-state index in [9.17, 15) is 14.0 Å². The number of benzene rings is 1. The highest BCUT2D eigenvalue weighted by molar-refractivity contribution is 5.79. The second-order valence-corrected chi connectivity index (χ2v) is 8.91. The number of carbonyl (C=O) groups excluding carboxylic acids is 2. The fourth-order valence-electron chi connectivity index (χ4n) is 3.61. The molecule has 29 heavy (non-hydrogen) atoms. The third-order valence-electron chi connectivity index (χ3n) is 5.01. The molecule has 1 aliphatic carbocycles. The highest BCUT2D eigenvalue weighted by Gasteiger charge is 2.34. The van der Waals surface area contributed by atoms with Crippen molar-refractivity contribution in [3.05, 3.63) is 30.1 Å². The Bertz CT molecular complexity index is 674. The van der Waals surface area contributed by atoms with E-state index in [4.69, 9.17) is 14.2 Å². The molecule has 3 atom stereocenters. The summed E-state index contributed by atoms with van der Waals surface area (Å²) in [4.78, 5) is 24.5. The summed E-state index contributed by atoms with van der Waals surface area (Å²) in [6.45, 7) is 8.83. The molecular weight excluding hydrogens is 375 g/mol. The molecule has 6 heteroatoms. The maximum Gasteiger partial charge on any atom is 0.309 e. The lowest BCUT2D eigenvalue weighted by molar-refractivity contribution is -0.166. The van der Waals surface area contributed by atoms with Gasteiger partial charge < -0.3 is 14.2 Å². The molecule has 1 aromatic carbocycles. The lowest BCUT2D eigenvalue weighted by Gasteiger charge is -2.30. The van der Waals surface area contributed by atoms with E-state index in [1.165, 1.54) is 12.1 Å². The Morgan fingerprint density at radius 2 is 1.69 bits per heavy atom. The molecule has 0 N–H and O–H groups in total. The van der Waals surface area contributed by atoms with E-state index in [1.54, 1.807) is 39.8 Å². The van der Waals surface area contributed by atoms with Gasteiger partial charge in [0.25, 0.3) is 0 Å². The SMILES string of the molecule is C[C@H](CC(=O)OC(C)(C)C)C(=O)O[C@@H](C)[C@H](Oc1ccc(F)cc1)C1CCCC1. The van der Waals surface area contributed by atoms with Crippen molar-refractivity contribution in [1.29, 1.82) is 0 Å². The van der Waals surface area contributed by atoms with Crippen LogP contribution in [0.1, 0.15) is 66.7 Å². The largest absolute Gasteiger partial charge is 0.486 e. The Hall–Kier alpha value is -2.11. The Morgan fingerprint density at radius 3 is 2.24 bits per heavy atom. The first-order chi connectivity index (χ1) is 13.5. The normalized spacial score (nSPS) is 18.0. The van der Waals surface area contributed by atoms with Crippen LogP contribution < -0.4 is 4.74 Å². The van der Waals surface area contributed by atoms with Gasteiger partial charge in [-0.2, -0.15) is 0 Å². The third kappa shape index (κ3) is 7.67. The van der Waals surface area contributed by atoms with Gasteiger partial charge in [0.15, 0.2) is 0 Å². The Kier molecular flexibility index (Phi) is 8.05. The van der Waals surface area contributed by atoms with Gasteiger partial charge in [-0.3, -0.25) is 9.59 Å². The quantitative estimate of drug-likeness (QED) is 0.563. The molecular formula is C23H33FO5. The second kappa shape index (κ2) is 10.1. The number of carbonyl (C=O) groups is 2. The van der Waals surface area contributed by atoms with Crippen LogP contribution in [0.3, 0.4) is 0 Å². The van der Waals surface area contributed by atoms with Crippen molar-refractivity contribution < 1.29 is 28.2 Å². The third-order valence-corrected chi connectivity index (χ3v) is 5.01. The van der Waals surface area contributed by atoms with Gasteiger partial charge >= 0.3 is 11.9 Å². The molecule has 0 aliphatic heterocycles. The van der Waals surface area contributed by atoms with E-state index >= 15 is 0 Å². The van der Waals surface area contributed by atoms with Crippen molar-refractivity contribution in [3.8, 4) is 5.75 Å². The van der Waals surface area contributed by atoms with Crippen molar-refractivity contribution in [3.63, 3.8) is 0 Å². The summed E-state index contributed by atoms with van der Waals surface area (Å²) >= 11 is 0. The minimum atomic E-state index is -0.609. The number of hydrogen-bond acceptors (Lipinski definition) is 5. The van der Waals surface area contributed by atoms with Crippen molar-refractivity contribution >= 4 is 11.9 Å². The lowest BCUT2D eigenvalue weighted by atomic mass is 9.96. The van der Waals surface area contributed by atoms with Crippen molar-refractivity contribution in [2.75, 3.05) is 0 Å². The molecule has 162 valence electrons. The highest BCUT2D eigenvalue weighted by Crippen LogP contribution is 2.33. The van der Waals surface area contributed by atoms with Gasteiger partial charge in [0.1, 0.15) is 29.4 Å². The van der Waals surface area contributed by atoms with Crippen LogP contribution in [0.4, 0.5) is 4.39 Å². The Balaban J connectivity index is 1.98. The summed E-state index contributed by atoms with van der Waals surface area (Å²) in [5.74, 6) is -0.997. The van der Waals surface area contributed by atoms with Gasteiger partial charge in [-0.25, -0.2) is 4.39 Å². The Labute approximate surface area is 172 Å². The molecule has 0 aromatic heterocycles. The highest BCUT2D eigenvalue weighted by atomic mass is 19.1. The predicted molar refractivity (Wildman–Crippen MR) is 108 cm³/mol. The molecule has 0 amide bonds. The monoisotopic (exact) mass is 408 g/mol. The minimum Gasteiger partial charge on any atom is -0.486 e. The summed E-state index contributed by atoms with van der Waals surface area (Å²) in [5, 5.41) is 0. The average Bonchev–Trinajstić information content (AvgIpc) is 3.13. The van der Waals surface area contributed by atoms with E-state index in [-0.39, 0.29) is 24.3 Å². The molecule has 5 nitrogen and oxygen atoms in total. The smallest absolute Gasteiger partial charge is 0.309 e. The van der Waals surface area contributed by atoms with Gasteiger partial charge in [-0.1, -0.05) is 19.8 Å². The molecule has 1 aliphatic rings. The van der Waals surface area contributed by atoms with Crippen LogP contribution in [-0.2, 0) is 19.1 Å². The molecule has 0 heterocycles. The maximum absolute atomic E-state index is 13.2. The van der Waals surface area contributed by atoms with Crippen molar-refractivity contribution in [1.82, 2.24) is 0 Å². The number of halogens is 1. The van der Waals surface area contributed by atoms with E-state index in [2.05, 4.69) is 0 Å². The zero-order valence-electron chi connectivity index (χ0n) is 18.1. The zero-order valence-corrected chi connectivity index (χ0v) is 18.1. The fraction of sp³-hybridized carbons (Fsp3) is 0.652. The van der Waals surface area contributed by atoms with Crippen LogP contribution in [0, 0.1) is 17.7 Å². The molecule has 1 fully saturated rings. The number of ether oxygens (including phenoxy) is 3. The summed E-state index contributed by atoms with van der Waals surface area (Å²) in [5.41, 5.74) is -0.593. The summed E-state index contributed by atoms with van der Waals surface area (Å²) < 4.78 is 30.2. The van der Waals surface area contributed by atoms with Gasteiger partial charge in [-0.15, -0.1) is 0 Å². The molecule has 0 saturated heterocycles. The van der Waals surface area contributed by atoms with Crippen LogP contribution in [0.25, 0.3) is 0 Å². The summed E-state index contributed by atoms with van der Waals surface area (Å²) in [6, 6.07) is 5.86. The van der Waals surface area contributed by atoms with Crippen LogP contribution in [-0.4, -0.2) is 29.7 Å². The number of rotatable bonds is 8. The fourth-order valence-corrected chi connectivity index (χ4v) is 3.61. The molecule has 2 rings (SSSR count). The van der Waals surface area contributed by atoms with Gasteiger partial charge in [0.2, 0.25) is 0 Å². The minimum absolute atomic E-state index is 0.0320. The molecule has 0 bridgehead atoms. The second-order valence-electron chi connectivity index (χ2n) is 8.91. The van der Waals surface area contributed by atoms with Crippen LogP contribution in [0.5, 0.6) is 5.75 Å². The van der Waals surface area contributed by atoms with Gasteiger partial charge in [-0.05, 0) is 70.7 Å². The van der Waals surface area contributed by atoms with Gasteiger partial charge in [0.05, 0.1) is 12.3 Å². The Morgan fingerprint density at radius 1 is 1.10 bits per heavy atom. The van der Waals surface area contributed by atoms with E-state index in [0.717, 1.165) is 25.7 Å². The lowest BCUT2D eigenvalue weighted by Crippen LogP contribution is -2.40. The van der Waals surface area contributed by atoms with Gasteiger partial charge in [0, 0.05) is 0 Å². The predicted octanol–water partition coefficient (Wildman–Crippen LogP) is 5.06. The van der Waals surface area contributed by atoms with Crippen LogP contribution in [0.2, 0.25) is 0 Å². The maximum atomic E-state index is 13.2. The first kappa shape index (κ1) is 23.2. The average molecular weight is 409 g/mol. The van der Waals surface area contributed by atoms with E-state index in [0.29, 0.717) is 5.75 Å². The summed E-state index contributed by atoms with van der Waals surface area (Å²) in [7, 11) is 0. The van der Waals surface area contributed by atoms with Crippen molar-refractivity contribution in [2.24, 2.45) is 11.8 Å². The molecule has 0 radical (unpaired) electrons. The molecule has 1 aromatic rings. The topological polar surface area (TPSA) is 61.8 Å². The van der Waals surface area contributed by atoms with E-state index in [1.807, 2.05) is 6.92 Å². The van der Waals surface area contributed by atoms with Crippen molar-refractivity contribution in [2.45, 2.75) is 84.5 Å². The first-order valence-corrected chi connectivity index (χ1v) is 10.4. The van der Waals surface area contributed by atoms with E-state index < -0.39 is 29.6 Å². The standard InChI is InChI=1S/C23H33FO5/c1-15(14-20(25)29-23(3,4)5)22(26)27-16(2)21(17-8-6-7-9-17)28-19-12-10-18(24)11-13-19/h10-13,15-17,21H,6-9,14H2,1-5H3/t15-,16+,21+/m1/s1. The molecule has 1 saturated carbocycles. The van der Waals surface area contributed by atoms with Crippen LogP contribution in [0.15, 0.2) is 24.3 Å². The molecule has 0 spiro atoms. The summed E-state index contributed by atoms with van der Waals surface area (Å²) in [6.07, 6.45) is 3.39. The zero-order chi connectivity index (χ0) is 21.6.